The summed E-state index contributed by atoms with van der Waals surface area (Å²) in [4.78, 5) is 27.7. The van der Waals surface area contributed by atoms with Crippen LogP contribution < -0.4 is 10.6 Å². The Morgan fingerprint density at radius 1 is 1.24 bits per heavy atom. The van der Waals surface area contributed by atoms with Crippen LogP contribution in [0.15, 0.2) is 40.7 Å². The first-order chi connectivity index (χ1) is 8.24. The fraction of sp³-hybridized carbons (Fsp3) is 0. The highest BCUT2D eigenvalue weighted by atomic mass is 32.1. The number of benzene rings is 1. The second-order valence-electron chi connectivity index (χ2n) is 3.67. The van der Waals surface area contributed by atoms with E-state index in [4.69, 9.17) is 0 Å². The highest BCUT2D eigenvalue weighted by Crippen LogP contribution is 2.13. The Labute approximate surface area is 101 Å². The van der Waals surface area contributed by atoms with Crippen molar-refractivity contribution in [2.75, 3.05) is 0 Å². The van der Waals surface area contributed by atoms with E-state index in [-0.39, 0.29) is 11.7 Å². The highest BCUT2D eigenvalue weighted by Gasteiger charge is 2.11. The van der Waals surface area contributed by atoms with Crippen molar-refractivity contribution in [2.24, 2.45) is 4.99 Å². The van der Waals surface area contributed by atoms with Crippen LogP contribution in [-0.4, -0.2) is 11.7 Å². The molecule has 1 aliphatic heterocycles. The standard InChI is InChI=1S/C13H7NO2S/c15-12-7-9-6-8(3-4-10(9)14-12)13(16)11-2-1-5-17-11/h1-7H. The van der Waals surface area contributed by atoms with Crippen molar-refractivity contribution in [2.45, 2.75) is 0 Å². The molecule has 1 aromatic heterocycles. The zero-order valence-corrected chi connectivity index (χ0v) is 9.53. The predicted octanol–water partition coefficient (Wildman–Crippen LogP) is 0.919. The van der Waals surface area contributed by atoms with Gasteiger partial charge in [-0.3, -0.25) is 9.59 Å². The fourth-order valence-electron chi connectivity index (χ4n) is 1.75. The molecule has 3 rings (SSSR count). The molecule has 1 amide bonds. The van der Waals surface area contributed by atoms with Crippen LogP contribution in [0, 0.1) is 0 Å². The van der Waals surface area contributed by atoms with Gasteiger partial charge in [0, 0.05) is 16.9 Å². The molecule has 0 aliphatic carbocycles. The molecule has 2 aromatic rings. The van der Waals surface area contributed by atoms with Crippen LogP contribution in [0.4, 0.5) is 0 Å². The lowest BCUT2D eigenvalue weighted by molar-refractivity contribution is -0.112. The number of ketones is 1. The van der Waals surface area contributed by atoms with Crippen molar-refractivity contribution in [3.05, 3.63) is 56.7 Å². The smallest absolute Gasteiger partial charge is 0.270 e. The maximum Gasteiger partial charge on any atom is 0.270 e. The normalized spacial score (nSPS) is 12.8. The van der Waals surface area contributed by atoms with Crippen molar-refractivity contribution in [3.8, 4) is 0 Å². The quantitative estimate of drug-likeness (QED) is 0.734. The van der Waals surface area contributed by atoms with E-state index in [1.807, 2.05) is 11.4 Å². The van der Waals surface area contributed by atoms with Gasteiger partial charge in [-0.15, -0.1) is 11.3 Å². The first-order valence-corrected chi connectivity index (χ1v) is 5.95. The summed E-state index contributed by atoms with van der Waals surface area (Å²) in [6, 6.07) is 8.76. The van der Waals surface area contributed by atoms with Gasteiger partial charge in [0.2, 0.25) is 5.78 Å². The molecule has 1 aliphatic rings. The molecular weight excluding hydrogens is 234 g/mol. The molecule has 82 valence electrons. The van der Waals surface area contributed by atoms with Crippen LogP contribution in [-0.2, 0) is 4.79 Å². The average molecular weight is 241 g/mol. The summed E-state index contributed by atoms with van der Waals surface area (Å²) >= 11 is 1.41. The SMILES string of the molecule is O=C1C=c2cc(C(=O)c3cccs3)ccc2=N1. The monoisotopic (exact) mass is 241 g/mol. The minimum absolute atomic E-state index is 0.0180. The Morgan fingerprint density at radius 2 is 2.12 bits per heavy atom. The Kier molecular flexibility index (Phi) is 2.23. The van der Waals surface area contributed by atoms with Gasteiger partial charge in [-0.2, -0.15) is 0 Å². The van der Waals surface area contributed by atoms with E-state index >= 15 is 0 Å². The lowest BCUT2D eigenvalue weighted by Gasteiger charge is -1.96. The number of rotatable bonds is 2. The number of thiophene rings is 1. The van der Waals surface area contributed by atoms with Gasteiger partial charge in [0.1, 0.15) is 0 Å². The Bertz CT molecular complexity index is 729. The lowest BCUT2D eigenvalue weighted by Crippen LogP contribution is -2.22. The summed E-state index contributed by atoms with van der Waals surface area (Å²) in [5.41, 5.74) is 0.590. The molecule has 2 heterocycles. The van der Waals surface area contributed by atoms with E-state index in [1.54, 1.807) is 24.3 Å². The minimum atomic E-state index is -0.263. The van der Waals surface area contributed by atoms with Crippen LogP contribution >= 0.6 is 11.3 Å². The van der Waals surface area contributed by atoms with E-state index in [2.05, 4.69) is 4.99 Å². The van der Waals surface area contributed by atoms with Gasteiger partial charge in [-0.1, -0.05) is 6.07 Å². The zero-order chi connectivity index (χ0) is 11.8. The van der Waals surface area contributed by atoms with Gasteiger partial charge in [0.05, 0.1) is 10.2 Å². The molecule has 0 radical (unpaired) electrons. The summed E-state index contributed by atoms with van der Waals surface area (Å²) in [7, 11) is 0. The molecule has 0 spiro atoms. The number of carbonyl (C=O) groups excluding carboxylic acids is 2. The Morgan fingerprint density at radius 3 is 2.88 bits per heavy atom. The average Bonchev–Trinajstić information content (AvgIpc) is 2.94. The van der Waals surface area contributed by atoms with E-state index in [0.29, 0.717) is 15.8 Å². The number of hydrogen-bond acceptors (Lipinski definition) is 3. The van der Waals surface area contributed by atoms with Gasteiger partial charge in [-0.25, -0.2) is 4.99 Å². The number of amides is 1. The summed E-state index contributed by atoms with van der Waals surface area (Å²) in [5.74, 6) is -0.281. The van der Waals surface area contributed by atoms with E-state index in [9.17, 15) is 9.59 Å². The Hall–Kier alpha value is -2.07. The maximum absolute atomic E-state index is 12.1. The number of nitrogens with zero attached hydrogens (tertiary/aromatic N) is 1. The van der Waals surface area contributed by atoms with E-state index in [0.717, 1.165) is 5.22 Å². The number of fused-ring (bicyclic) bond motifs is 1. The summed E-state index contributed by atoms with van der Waals surface area (Å²) in [6.45, 7) is 0. The maximum atomic E-state index is 12.1. The van der Waals surface area contributed by atoms with E-state index in [1.165, 1.54) is 17.4 Å². The second kappa shape index (κ2) is 3.75. The molecule has 0 atom stereocenters. The van der Waals surface area contributed by atoms with Gasteiger partial charge >= 0.3 is 0 Å². The predicted molar refractivity (Wildman–Crippen MR) is 64.4 cm³/mol. The first-order valence-electron chi connectivity index (χ1n) is 5.07. The third kappa shape index (κ3) is 1.72. The molecule has 3 nitrogen and oxygen atoms in total. The molecule has 0 fully saturated rings. The van der Waals surface area contributed by atoms with Crippen molar-refractivity contribution in [1.82, 2.24) is 0 Å². The van der Waals surface area contributed by atoms with Crippen LogP contribution in [0.1, 0.15) is 15.2 Å². The molecular formula is C13H7NO2S. The number of hydrogen-bond donors (Lipinski definition) is 0. The van der Waals surface area contributed by atoms with Gasteiger partial charge < -0.3 is 0 Å². The summed E-state index contributed by atoms with van der Waals surface area (Å²) in [5, 5.41) is 3.22. The van der Waals surface area contributed by atoms with Crippen LogP contribution in [0.25, 0.3) is 6.08 Å². The van der Waals surface area contributed by atoms with Crippen LogP contribution in [0.3, 0.4) is 0 Å². The third-order valence-corrected chi connectivity index (χ3v) is 3.41. The zero-order valence-electron chi connectivity index (χ0n) is 8.71. The highest BCUT2D eigenvalue weighted by molar-refractivity contribution is 7.12. The van der Waals surface area contributed by atoms with Gasteiger partial charge in [0.25, 0.3) is 5.91 Å². The third-order valence-electron chi connectivity index (χ3n) is 2.54. The number of carbonyl (C=O) groups is 2. The molecule has 0 unspecified atom stereocenters. The van der Waals surface area contributed by atoms with Crippen molar-refractivity contribution < 1.29 is 9.59 Å². The molecule has 0 saturated heterocycles. The van der Waals surface area contributed by atoms with Crippen LogP contribution in [0.2, 0.25) is 0 Å². The Balaban J connectivity index is 2.11. The lowest BCUT2D eigenvalue weighted by atomic mass is 10.1. The second-order valence-corrected chi connectivity index (χ2v) is 4.62. The molecule has 0 saturated carbocycles. The van der Waals surface area contributed by atoms with Crippen molar-refractivity contribution in [3.63, 3.8) is 0 Å². The first kappa shape index (κ1) is 10.1. The largest absolute Gasteiger partial charge is 0.288 e. The van der Waals surface area contributed by atoms with Crippen molar-refractivity contribution in [1.29, 1.82) is 0 Å². The van der Waals surface area contributed by atoms with Gasteiger partial charge in [0.15, 0.2) is 0 Å². The van der Waals surface area contributed by atoms with Crippen molar-refractivity contribution >= 4 is 29.1 Å². The van der Waals surface area contributed by atoms with E-state index < -0.39 is 0 Å². The molecule has 0 N–H and O–H groups in total. The molecule has 0 bridgehead atoms. The van der Waals surface area contributed by atoms with Crippen LogP contribution in [0.5, 0.6) is 0 Å². The molecule has 4 heteroatoms. The van der Waals surface area contributed by atoms with Gasteiger partial charge in [-0.05, 0) is 29.6 Å². The fourth-order valence-corrected chi connectivity index (χ4v) is 2.43. The molecule has 17 heavy (non-hydrogen) atoms. The summed E-state index contributed by atoms with van der Waals surface area (Å²) < 4.78 is 0. The summed E-state index contributed by atoms with van der Waals surface area (Å²) in [6.07, 6.45) is 1.44. The molecule has 1 aromatic carbocycles. The topological polar surface area (TPSA) is 46.5 Å². The minimum Gasteiger partial charge on any atom is -0.288 e.